The molecule has 31 heavy (non-hydrogen) atoms. The molecule has 1 aliphatic heterocycles. The average Bonchev–Trinajstić information content (AvgIpc) is 3.17. The van der Waals surface area contributed by atoms with E-state index in [2.05, 4.69) is 9.97 Å². The number of hydrogen-bond donors (Lipinski definition) is 0. The quantitative estimate of drug-likeness (QED) is 0.315. The highest BCUT2D eigenvalue weighted by molar-refractivity contribution is 7.98. The summed E-state index contributed by atoms with van der Waals surface area (Å²) in [7, 11) is 0. The number of nitrogens with zero attached hydrogens (tertiary/aromatic N) is 3. The maximum absolute atomic E-state index is 12.5. The molecule has 0 saturated carbocycles. The molecule has 1 aromatic carbocycles. The molecule has 0 unspecified atom stereocenters. The molecule has 1 amide bonds. The zero-order valence-corrected chi connectivity index (χ0v) is 17.6. The summed E-state index contributed by atoms with van der Waals surface area (Å²) in [5.41, 5.74) is 0.163. The minimum atomic E-state index is -0.687. The molecule has 10 heteroatoms. The highest BCUT2D eigenvalue weighted by Crippen LogP contribution is 2.27. The van der Waals surface area contributed by atoms with Crippen molar-refractivity contribution in [3.05, 3.63) is 76.1 Å². The lowest BCUT2D eigenvalue weighted by Crippen LogP contribution is -2.28. The van der Waals surface area contributed by atoms with Crippen LogP contribution in [0.2, 0.25) is 5.02 Å². The van der Waals surface area contributed by atoms with Crippen molar-refractivity contribution in [3.63, 3.8) is 0 Å². The third kappa shape index (κ3) is 5.12. The van der Waals surface area contributed by atoms with Gasteiger partial charge in [-0.3, -0.25) is 14.4 Å². The normalized spacial score (nSPS) is 15.8. The number of benzene rings is 1. The van der Waals surface area contributed by atoms with Gasteiger partial charge < -0.3 is 14.1 Å². The molecule has 158 valence electrons. The summed E-state index contributed by atoms with van der Waals surface area (Å²) < 4.78 is 10.6. The standard InChI is InChI=1S/C21H16ClN3O5S/c22-14-2-4-15(5-3-14)25-10-13(8-19(25)27)20(28)30-18-11-29-16(9-17(18)26)12-31-21-23-6-1-7-24-21/h1-7,9,11,13H,8,10,12H2/t13-/m0/s1. The minimum absolute atomic E-state index is 0.00140. The molecule has 1 aliphatic rings. The van der Waals surface area contributed by atoms with Crippen molar-refractivity contribution in [2.24, 2.45) is 5.92 Å². The van der Waals surface area contributed by atoms with Gasteiger partial charge in [-0.15, -0.1) is 0 Å². The Labute approximate surface area is 186 Å². The Hall–Kier alpha value is -3.17. The summed E-state index contributed by atoms with van der Waals surface area (Å²) in [5, 5.41) is 1.10. The van der Waals surface area contributed by atoms with E-state index >= 15 is 0 Å². The number of esters is 1. The first-order valence-electron chi connectivity index (χ1n) is 9.29. The molecule has 8 nitrogen and oxygen atoms in total. The van der Waals surface area contributed by atoms with E-state index in [1.165, 1.54) is 22.7 Å². The van der Waals surface area contributed by atoms with E-state index in [1.54, 1.807) is 42.7 Å². The smallest absolute Gasteiger partial charge is 0.316 e. The number of carbonyl (C=O) groups is 2. The van der Waals surface area contributed by atoms with Crippen LogP contribution in [-0.2, 0) is 15.3 Å². The first kappa shape index (κ1) is 21.1. The number of rotatable bonds is 6. The summed E-state index contributed by atoms with van der Waals surface area (Å²) in [6.45, 7) is 0.163. The molecule has 2 aromatic heterocycles. The van der Waals surface area contributed by atoms with E-state index in [0.29, 0.717) is 27.4 Å². The number of aromatic nitrogens is 2. The molecule has 0 N–H and O–H groups in total. The number of carbonyl (C=O) groups excluding carboxylic acids is 2. The summed E-state index contributed by atoms with van der Waals surface area (Å²) in [5.74, 6) is -1.02. The number of halogens is 1. The van der Waals surface area contributed by atoms with Crippen molar-refractivity contribution in [1.82, 2.24) is 9.97 Å². The summed E-state index contributed by atoms with van der Waals surface area (Å²) >= 11 is 7.19. The topological polar surface area (TPSA) is 103 Å². The van der Waals surface area contributed by atoms with Crippen molar-refractivity contribution < 1.29 is 18.7 Å². The lowest BCUT2D eigenvalue weighted by Gasteiger charge is -2.16. The zero-order chi connectivity index (χ0) is 21.8. The van der Waals surface area contributed by atoms with Crippen LogP contribution >= 0.6 is 23.4 Å². The van der Waals surface area contributed by atoms with Crippen molar-refractivity contribution in [3.8, 4) is 5.75 Å². The predicted octanol–water partition coefficient (Wildman–Crippen LogP) is 3.33. The van der Waals surface area contributed by atoms with Crippen LogP contribution in [0, 0.1) is 5.92 Å². The van der Waals surface area contributed by atoms with Gasteiger partial charge in [-0.2, -0.15) is 0 Å². The fraction of sp³-hybridized carbons (Fsp3) is 0.190. The van der Waals surface area contributed by atoms with Gasteiger partial charge in [-0.05, 0) is 30.3 Å². The maximum atomic E-state index is 12.5. The predicted molar refractivity (Wildman–Crippen MR) is 114 cm³/mol. The SMILES string of the molecule is O=C(Oc1coc(CSc2ncccn2)cc1=O)[C@H]1CC(=O)N(c2ccc(Cl)cc2)C1. The van der Waals surface area contributed by atoms with E-state index < -0.39 is 17.3 Å². The Morgan fingerprint density at radius 2 is 1.97 bits per heavy atom. The van der Waals surface area contributed by atoms with E-state index in [0.717, 1.165) is 6.26 Å². The first-order valence-corrected chi connectivity index (χ1v) is 10.6. The average molecular weight is 458 g/mol. The molecule has 1 fully saturated rings. The third-order valence-corrected chi connectivity index (χ3v) is 5.69. The molecule has 0 aliphatic carbocycles. The second-order valence-electron chi connectivity index (χ2n) is 6.70. The molecular weight excluding hydrogens is 442 g/mol. The van der Waals surface area contributed by atoms with Gasteiger partial charge in [-0.25, -0.2) is 9.97 Å². The molecule has 1 saturated heterocycles. The number of ether oxygens (including phenoxy) is 1. The van der Waals surface area contributed by atoms with E-state index in [-0.39, 0.29) is 24.6 Å². The van der Waals surface area contributed by atoms with E-state index in [4.69, 9.17) is 20.8 Å². The van der Waals surface area contributed by atoms with Gasteiger partial charge in [-0.1, -0.05) is 23.4 Å². The number of thioether (sulfide) groups is 1. The Morgan fingerprint density at radius 3 is 2.68 bits per heavy atom. The molecule has 3 aromatic rings. The van der Waals surface area contributed by atoms with Crippen molar-refractivity contribution >= 4 is 40.9 Å². The van der Waals surface area contributed by atoms with E-state index in [9.17, 15) is 14.4 Å². The van der Waals surface area contributed by atoms with Crippen LogP contribution in [0.1, 0.15) is 12.2 Å². The van der Waals surface area contributed by atoms with Crippen LogP contribution in [0.3, 0.4) is 0 Å². The van der Waals surface area contributed by atoms with Crippen molar-refractivity contribution in [1.29, 1.82) is 0 Å². The number of anilines is 1. The third-order valence-electron chi connectivity index (χ3n) is 4.55. The number of amides is 1. The van der Waals surface area contributed by atoms with Crippen LogP contribution in [0.4, 0.5) is 5.69 Å². The fourth-order valence-corrected chi connectivity index (χ4v) is 3.83. The van der Waals surface area contributed by atoms with Gasteiger partial charge in [0.05, 0.1) is 11.7 Å². The Kier molecular flexibility index (Phi) is 6.34. The van der Waals surface area contributed by atoms with Crippen LogP contribution in [0.15, 0.2) is 69.4 Å². The summed E-state index contributed by atoms with van der Waals surface area (Å²) in [6.07, 6.45) is 4.35. The van der Waals surface area contributed by atoms with Crippen molar-refractivity contribution in [2.75, 3.05) is 11.4 Å². The molecule has 1 atom stereocenters. The molecule has 3 heterocycles. The maximum Gasteiger partial charge on any atom is 0.316 e. The Balaban J connectivity index is 1.37. The van der Waals surface area contributed by atoms with Crippen LogP contribution in [-0.4, -0.2) is 28.4 Å². The van der Waals surface area contributed by atoms with Gasteiger partial charge in [0.2, 0.25) is 17.1 Å². The second-order valence-corrected chi connectivity index (χ2v) is 8.08. The Bertz CT molecular complexity index is 1150. The van der Waals surface area contributed by atoms with Gasteiger partial charge in [0.1, 0.15) is 12.0 Å². The van der Waals surface area contributed by atoms with Gasteiger partial charge >= 0.3 is 5.97 Å². The lowest BCUT2D eigenvalue weighted by atomic mass is 10.1. The largest absolute Gasteiger partial charge is 0.464 e. The minimum Gasteiger partial charge on any atom is -0.464 e. The zero-order valence-electron chi connectivity index (χ0n) is 16.1. The van der Waals surface area contributed by atoms with Gasteiger partial charge in [0, 0.05) is 42.1 Å². The molecule has 0 spiro atoms. The number of hydrogen-bond acceptors (Lipinski definition) is 8. The molecule has 4 rings (SSSR count). The van der Waals surface area contributed by atoms with E-state index in [1.807, 2.05) is 0 Å². The lowest BCUT2D eigenvalue weighted by molar-refractivity contribution is -0.139. The fourth-order valence-electron chi connectivity index (χ4n) is 3.01. The molecule has 0 bridgehead atoms. The van der Waals surface area contributed by atoms with Gasteiger partial charge in [0.25, 0.3) is 0 Å². The monoisotopic (exact) mass is 457 g/mol. The Morgan fingerprint density at radius 1 is 1.23 bits per heavy atom. The van der Waals surface area contributed by atoms with Crippen LogP contribution in [0.5, 0.6) is 5.75 Å². The molecule has 0 radical (unpaired) electrons. The first-order chi connectivity index (χ1) is 15.0. The molecular formula is C21H16ClN3O5S. The highest BCUT2D eigenvalue weighted by atomic mass is 35.5. The van der Waals surface area contributed by atoms with Crippen LogP contribution in [0.25, 0.3) is 0 Å². The summed E-state index contributed by atoms with van der Waals surface area (Å²) in [4.78, 5) is 46.8. The second kappa shape index (κ2) is 9.32. The highest BCUT2D eigenvalue weighted by Gasteiger charge is 2.36. The van der Waals surface area contributed by atoms with Crippen LogP contribution < -0.4 is 15.1 Å². The van der Waals surface area contributed by atoms with Crippen molar-refractivity contribution in [2.45, 2.75) is 17.3 Å². The van der Waals surface area contributed by atoms with Gasteiger partial charge in [0.15, 0.2) is 5.16 Å². The summed E-state index contributed by atoms with van der Waals surface area (Å²) in [6, 6.07) is 9.73.